The summed E-state index contributed by atoms with van der Waals surface area (Å²) in [4.78, 5) is 11.8. The van der Waals surface area contributed by atoms with Gasteiger partial charge < -0.3 is 15.2 Å². The van der Waals surface area contributed by atoms with Gasteiger partial charge in [-0.3, -0.25) is 4.79 Å². The number of hydrogen-bond donors (Lipinski definition) is 2. The van der Waals surface area contributed by atoms with E-state index in [1.54, 1.807) is 0 Å². The van der Waals surface area contributed by atoms with E-state index in [0.29, 0.717) is 18.4 Å². The zero-order valence-electron chi connectivity index (χ0n) is 13.0. The number of aryl methyl sites for hydroxylation is 1. The Hall–Kier alpha value is -2.47. The molecular formula is C18H19F2NO3. The summed E-state index contributed by atoms with van der Waals surface area (Å²) in [6.07, 6.45) is 0.0478. The number of nitrogens with one attached hydrogen (secondary N) is 1. The molecule has 0 radical (unpaired) electrons. The number of carbonyl (C=O) groups is 1. The first kappa shape index (κ1) is 17.9. The van der Waals surface area contributed by atoms with Gasteiger partial charge in [0.05, 0.1) is 6.10 Å². The van der Waals surface area contributed by atoms with E-state index in [1.807, 2.05) is 30.3 Å². The van der Waals surface area contributed by atoms with Gasteiger partial charge in [-0.25, -0.2) is 0 Å². The monoisotopic (exact) mass is 335 g/mol. The number of benzene rings is 2. The van der Waals surface area contributed by atoms with Gasteiger partial charge in [0.2, 0.25) is 5.91 Å². The van der Waals surface area contributed by atoms with Gasteiger partial charge in [0.15, 0.2) is 0 Å². The number of alkyl halides is 2. The molecule has 0 aromatic heterocycles. The van der Waals surface area contributed by atoms with Crippen molar-refractivity contribution in [2.45, 2.75) is 25.6 Å². The van der Waals surface area contributed by atoms with Crippen molar-refractivity contribution in [2.75, 3.05) is 6.54 Å². The molecule has 128 valence electrons. The molecule has 0 aliphatic heterocycles. The van der Waals surface area contributed by atoms with Gasteiger partial charge in [-0.15, -0.1) is 0 Å². The molecule has 2 aromatic carbocycles. The van der Waals surface area contributed by atoms with Gasteiger partial charge in [-0.1, -0.05) is 42.5 Å². The van der Waals surface area contributed by atoms with Crippen molar-refractivity contribution >= 4 is 5.91 Å². The molecule has 0 heterocycles. The second-order valence-corrected chi connectivity index (χ2v) is 5.25. The van der Waals surface area contributed by atoms with Gasteiger partial charge in [0, 0.05) is 13.0 Å². The molecule has 6 heteroatoms. The van der Waals surface area contributed by atoms with Gasteiger partial charge in [-0.05, 0) is 29.7 Å². The summed E-state index contributed by atoms with van der Waals surface area (Å²) in [7, 11) is 0. The van der Waals surface area contributed by atoms with Crippen molar-refractivity contribution in [1.82, 2.24) is 5.32 Å². The third kappa shape index (κ3) is 5.96. The largest absolute Gasteiger partial charge is 0.435 e. The van der Waals surface area contributed by atoms with Crippen LogP contribution >= 0.6 is 0 Å². The predicted octanol–water partition coefficient (Wildman–Crippen LogP) is 3.07. The number of aliphatic hydroxyl groups excluding tert-OH is 1. The van der Waals surface area contributed by atoms with E-state index >= 15 is 0 Å². The van der Waals surface area contributed by atoms with E-state index in [9.17, 15) is 18.7 Å². The Morgan fingerprint density at radius 2 is 1.75 bits per heavy atom. The second kappa shape index (κ2) is 8.98. The van der Waals surface area contributed by atoms with Crippen LogP contribution in [0, 0.1) is 0 Å². The highest BCUT2D eigenvalue weighted by atomic mass is 19.3. The lowest BCUT2D eigenvalue weighted by Gasteiger charge is -2.13. The Morgan fingerprint density at radius 1 is 1.08 bits per heavy atom. The Bertz CT molecular complexity index is 632. The van der Waals surface area contributed by atoms with Crippen molar-refractivity contribution in [1.29, 1.82) is 0 Å². The number of ether oxygens (including phenoxy) is 1. The summed E-state index contributed by atoms with van der Waals surface area (Å²) in [5, 5.41) is 12.7. The van der Waals surface area contributed by atoms with Crippen LogP contribution in [0.25, 0.3) is 0 Å². The van der Waals surface area contributed by atoms with Crippen molar-refractivity contribution < 1.29 is 23.4 Å². The lowest BCUT2D eigenvalue weighted by molar-refractivity contribution is -0.121. The zero-order chi connectivity index (χ0) is 17.4. The van der Waals surface area contributed by atoms with Crippen LogP contribution in [-0.2, 0) is 11.2 Å². The Morgan fingerprint density at radius 3 is 2.38 bits per heavy atom. The van der Waals surface area contributed by atoms with E-state index in [0.717, 1.165) is 5.56 Å². The minimum Gasteiger partial charge on any atom is -0.435 e. The van der Waals surface area contributed by atoms with Crippen LogP contribution in [0.4, 0.5) is 8.78 Å². The third-order valence-electron chi connectivity index (χ3n) is 3.47. The van der Waals surface area contributed by atoms with Crippen LogP contribution in [-0.4, -0.2) is 24.2 Å². The van der Waals surface area contributed by atoms with Crippen molar-refractivity contribution in [3.8, 4) is 5.75 Å². The maximum atomic E-state index is 12.1. The maximum absolute atomic E-state index is 12.1. The van der Waals surface area contributed by atoms with E-state index in [2.05, 4.69) is 10.1 Å². The first-order chi connectivity index (χ1) is 11.5. The summed E-state index contributed by atoms with van der Waals surface area (Å²) in [6.45, 7) is -2.83. The summed E-state index contributed by atoms with van der Waals surface area (Å²) in [5.74, 6) is -0.136. The number of hydrogen-bond acceptors (Lipinski definition) is 3. The average Bonchev–Trinajstić information content (AvgIpc) is 2.59. The van der Waals surface area contributed by atoms with Crippen LogP contribution in [0.3, 0.4) is 0 Å². The van der Waals surface area contributed by atoms with E-state index in [1.165, 1.54) is 24.3 Å². The first-order valence-corrected chi connectivity index (χ1v) is 7.58. The molecule has 1 unspecified atom stereocenters. The normalized spacial score (nSPS) is 12.0. The summed E-state index contributed by atoms with van der Waals surface area (Å²) in [6, 6.07) is 15.3. The molecule has 2 rings (SSSR count). The second-order valence-electron chi connectivity index (χ2n) is 5.25. The Balaban J connectivity index is 1.75. The lowest BCUT2D eigenvalue weighted by atomic mass is 10.1. The van der Waals surface area contributed by atoms with Crippen LogP contribution in [0.1, 0.15) is 23.7 Å². The molecule has 2 aromatic rings. The highest BCUT2D eigenvalue weighted by molar-refractivity contribution is 5.76. The Labute approximate surface area is 139 Å². The Kier molecular flexibility index (Phi) is 6.69. The smallest absolute Gasteiger partial charge is 0.387 e. The summed E-state index contributed by atoms with van der Waals surface area (Å²) < 4.78 is 28.4. The van der Waals surface area contributed by atoms with Crippen LogP contribution in [0.15, 0.2) is 54.6 Å². The van der Waals surface area contributed by atoms with E-state index in [-0.39, 0.29) is 18.2 Å². The first-order valence-electron chi connectivity index (χ1n) is 7.58. The fourth-order valence-corrected chi connectivity index (χ4v) is 2.19. The molecule has 0 bridgehead atoms. The van der Waals surface area contributed by atoms with E-state index in [4.69, 9.17) is 0 Å². The molecule has 2 N–H and O–H groups in total. The van der Waals surface area contributed by atoms with Crippen molar-refractivity contribution in [2.24, 2.45) is 0 Å². The predicted molar refractivity (Wildman–Crippen MR) is 85.8 cm³/mol. The standard InChI is InChI=1S/C18H19F2NO3/c19-18(20)24-15-9-7-14(8-10-15)16(22)12-21-17(23)11-6-13-4-2-1-3-5-13/h1-5,7-10,16,18,22H,6,11-12H2,(H,21,23). The summed E-state index contributed by atoms with van der Waals surface area (Å²) >= 11 is 0. The van der Waals surface area contributed by atoms with Crippen molar-refractivity contribution in [3.63, 3.8) is 0 Å². The molecule has 0 aliphatic rings. The van der Waals surface area contributed by atoms with E-state index < -0.39 is 12.7 Å². The molecular weight excluding hydrogens is 316 g/mol. The molecule has 24 heavy (non-hydrogen) atoms. The number of rotatable bonds is 8. The number of aliphatic hydroxyl groups is 1. The van der Waals surface area contributed by atoms with Crippen molar-refractivity contribution in [3.05, 3.63) is 65.7 Å². The quantitative estimate of drug-likeness (QED) is 0.779. The maximum Gasteiger partial charge on any atom is 0.387 e. The van der Waals surface area contributed by atoms with Gasteiger partial charge in [0.25, 0.3) is 0 Å². The number of halogens is 2. The molecule has 0 saturated carbocycles. The highest BCUT2D eigenvalue weighted by Crippen LogP contribution is 2.19. The molecule has 4 nitrogen and oxygen atoms in total. The topological polar surface area (TPSA) is 58.6 Å². The molecule has 0 spiro atoms. The minimum absolute atomic E-state index is 0.0212. The van der Waals surface area contributed by atoms with Crippen LogP contribution < -0.4 is 10.1 Å². The number of amides is 1. The molecule has 0 fully saturated rings. The van der Waals surface area contributed by atoms with Crippen LogP contribution in [0.2, 0.25) is 0 Å². The molecule has 0 aliphatic carbocycles. The highest BCUT2D eigenvalue weighted by Gasteiger charge is 2.11. The van der Waals surface area contributed by atoms with Gasteiger partial charge >= 0.3 is 6.61 Å². The fourth-order valence-electron chi connectivity index (χ4n) is 2.19. The van der Waals surface area contributed by atoms with Gasteiger partial charge in [-0.2, -0.15) is 8.78 Å². The average molecular weight is 335 g/mol. The summed E-state index contributed by atoms with van der Waals surface area (Å²) in [5.41, 5.74) is 1.59. The molecule has 1 atom stereocenters. The zero-order valence-corrected chi connectivity index (χ0v) is 13.0. The number of carbonyl (C=O) groups excluding carboxylic acids is 1. The minimum atomic E-state index is -2.88. The molecule has 0 saturated heterocycles. The fraction of sp³-hybridized carbons (Fsp3) is 0.278. The molecule has 1 amide bonds. The SMILES string of the molecule is O=C(CCc1ccccc1)NCC(O)c1ccc(OC(F)F)cc1. The van der Waals surface area contributed by atoms with Crippen LogP contribution in [0.5, 0.6) is 5.75 Å². The van der Waals surface area contributed by atoms with Gasteiger partial charge in [0.1, 0.15) is 5.75 Å². The lowest BCUT2D eigenvalue weighted by Crippen LogP contribution is -2.28. The third-order valence-corrected chi connectivity index (χ3v) is 3.47.